The van der Waals surface area contributed by atoms with Gasteiger partial charge in [0, 0.05) is 37.9 Å². The Balaban J connectivity index is 1.53. The minimum absolute atomic E-state index is 0.125. The van der Waals surface area contributed by atoms with E-state index in [4.69, 9.17) is 0 Å². The van der Waals surface area contributed by atoms with E-state index in [1.165, 1.54) is 10.4 Å². The van der Waals surface area contributed by atoms with Crippen LogP contribution in [0.5, 0.6) is 0 Å². The zero-order chi connectivity index (χ0) is 24.0. The molecule has 176 valence electrons. The molecule has 0 amide bonds. The summed E-state index contributed by atoms with van der Waals surface area (Å²) in [5.41, 5.74) is 0.855. The SMILES string of the molecule is Cc1nc(N2CCN(S(=O)(=O)c3cccc(C(F)(F)F)c3)CC2)cc(-n2cnc(C)c2C)n1. The Morgan fingerprint density at radius 3 is 2.21 bits per heavy atom. The Morgan fingerprint density at radius 2 is 1.61 bits per heavy atom. The molecule has 0 bridgehead atoms. The topological polar surface area (TPSA) is 84.2 Å². The molecular weight excluding hydrogens is 457 g/mol. The molecule has 2 aromatic heterocycles. The van der Waals surface area contributed by atoms with Gasteiger partial charge in [-0.2, -0.15) is 17.5 Å². The minimum Gasteiger partial charge on any atom is -0.354 e. The van der Waals surface area contributed by atoms with Gasteiger partial charge < -0.3 is 4.90 Å². The van der Waals surface area contributed by atoms with Gasteiger partial charge in [0.05, 0.1) is 16.2 Å². The molecule has 1 aliphatic heterocycles. The number of hydrogen-bond acceptors (Lipinski definition) is 6. The second-order valence-corrected chi connectivity index (χ2v) is 9.77. The summed E-state index contributed by atoms with van der Waals surface area (Å²) < 4.78 is 68.0. The summed E-state index contributed by atoms with van der Waals surface area (Å²) in [6.45, 7) is 6.56. The molecule has 1 aliphatic rings. The van der Waals surface area contributed by atoms with Crippen molar-refractivity contribution in [1.82, 2.24) is 23.8 Å². The molecule has 8 nitrogen and oxygen atoms in total. The van der Waals surface area contributed by atoms with Crippen LogP contribution in [0.4, 0.5) is 19.0 Å². The molecule has 0 atom stereocenters. The van der Waals surface area contributed by atoms with Crippen molar-refractivity contribution in [1.29, 1.82) is 0 Å². The second kappa shape index (κ2) is 8.41. The van der Waals surface area contributed by atoms with Crippen molar-refractivity contribution in [3.05, 3.63) is 59.4 Å². The van der Waals surface area contributed by atoms with Gasteiger partial charge in [-0.15, -0.1) is 0 Å². The molecule has 0 unspecified atom stereocenters. The first-order valence-corrected chi connectivity index (χ1v) is 11.7. The Labute approximate surface area is 189 Å². The van der Waals surface area contributed by atoms with E-state index in [1.807, 2.05) is 29.4 Å². The number of nitrogens with zero attached hydrogens (tertiary/aromatic N) is 6. The third kappa shape index (κ3) is 4.58. The lowest BCUT2D eigenvalue weighted by molar-refractivity contribution is -0.137. The van der Waals surface area contributed by atoms with E-state index in [0.29, 0.717) is 36.6 Å². The standard InChI is InChI=1S/C21H23F3N6O2S/c1-14-15(2)30(13-25-14)20-12-19(26-16(3)27-20)28-7-9-29(10-8-28)33(31,32)18-6-4-5-17(11-18)21(22,23)24/h4-6,11-13H,7-10H2,1-3H3. The molecule has 0 spiro atoms. The zero-order valence-electron chi connectivity index (χ0n) is 18.3. The van der Waals surface area contributed by atoms with Crippen LogP contribution < -0.4 is 4.90 Å². The molecule has 1 saturated heterocycles. The fourth-order valence-corrected chi connectivity index (χ4v) is 5.16. The minimum atomic E-state index is -4.61. The zero-order valence-corrected chi connectivity index (χ0v) is 19.2. The molecule has 0 N–H and O–H groups in total. The van der Waals surface area contributed by atoms with Crippen molar-refractivity contribution in [2.45, 2.75) is 31.8 Å². The summed E-state index contributed by atoms with van der Waals surface area (Å²) in [4.78, 5) is 14.8. The van der Waals surface area contributed by atoms with Crippen LogP contribution in [-0.4, -0.2) is 58.4 Å². The predicted octanol–water partition coefficient (Wildman–Crippen LogP) is 3.12. The highest BCUT2D eigenvalue weighted by molar-refractivity contribution is 7.89. The Kier molecular flexibility index (Phi) is 5.91. The molecule has 3 aromatic rings. The van der Waals surface area contributed by atoms with Gasteiger partial charge in [0.1, 0.15) is 23.8 Å². The fraction of sp³-hybridized carbons (Fsp3) is 0.381. The first kappa shape index (κ1) is 23.2. The number of anilines is 1. The van der Waals surface area contributed by atoms with E-state index in [1.54, 1.807) is 13.3 Å². The van der Waals surface area contributed by atoms with Crippen molar-refractivity contribution < 1.29 is 21.6 Å². The van der Waals surface area contributed by atoms with Crippen molar-refractivity contribution in [2.24, 2.45) is 0 Å². The lowest BCUT2D eigenvalue weighted by Gasteiger charge is -2.35. The summed E-state index contributed by atoms with van der Waals surface area (Å²) in [5, 5.41) is 0. The molecule has 0 radical (unpaired) electrons. The number of sulfonamides is 1. The van der Waals surface area contributed by atoms with Crippen LogP contribution in [0.15, 0.2) is 41.6 Å². The van der Waals surface area contributed by atoms with Crippen LogP contribution in [-0.2, 0) is 16.2 Å². The molecule has 3 heterocycles. The van der Waals surface area contributed by atoms with E-state index < -0.39 is 21.8 Å². The lowest BCUT2D eigenvalue weighted by atomic mass is 10.2. The third-order valence-corrected chi connectivity index (χ3v) is 7.57. The van der Waals surface area contributed by atoms with E-state index in [-0.39, 0.29) is 18.0 Å². The van der Waals surface area contributed by atoms with E-state index in [9.17, 15) is 21.6 Å². The summed E-state index contributed by atoms with van der Waals surface area (Å²) >= 11 is 0. The van der Waals surface area contributed by atoms with Gasteiger partial charge in [0.25, 0.3) is 0 Å². The van der Waals surface area contributed by atoms with Gasteiger partial charge in [-0.25, -0.2) is 23.4 Å². The molecule has 33 heavy (non-hydrogen) atoms. The predicted molar refractivity (Wildman–Crippen MR) is 116 cm³/mol. The maximum atomic E-state index is 13.0. The van der Waals surface area contributed by atoms with Crippen LogP contribution in [0.2, 0.25) is 0 Å². The van der Waals surface area contributed by atoms with Gasteiger partial charge in [0.15, 0.2) is 0 Å². The highest BCUT2D eigenvalue weighted by Crippen LogP contribution is 2.31. The molecule has 4 rings (SSSR count). The van der Waals surface area contributed by atoms with Gasteiger partial charge in [0.2, 0.25) is 10.0 Å². The average Bonchev–Trinajstić information content (AvgIpc) is 3.11. The van der Waals surface area contributed by atoms with Crippen molar-refractivity contribution >= 4 is 15.8 Å². The number of imidazole rings is 1. The molecule has 1 aromatic carbocycles. The first-order valence-electron chi connectivity index (χ1n) is 10.3. The van der Waals surface area contributed by atoms with Gasteiger partial charge in [-0.3, -0.25) is 4.57 Å². The first-order chi connectivity index (χ1) is 15.5. The molecule has 0 saturated carbocycles. The van der Waals surface area contributed by atoms with Gasteiger partial charge in [-0.1, -0.05) is 6.07 Å². The van der Waals surface area contributed by atoms with Crippen LogP contribution >= 0.6 is 0 Å². The maximum absolute atomic E-state index is 13.0. The van der Waals surface area contributed by atoms with Crippen LogP contribution in [0.3, 0.4) is 0 Å². The average molecular weight is 481 g/mol. The van der Waals surface area contributed by atoms with E-state index in [0.717, 1.165) is 23.5 Å². The number of alkyl halides is 3. The highest BCUT2D eigenvalue weighted by Gasteiger charge is 2.34. The van der Waals surface area contributed by atoms with Crippen molar-refractivity contribution in [2.75, 3.05) is 31.1 Å². The van der Waals surface area contributed by atoms with Crippen LogP contribution in [0.1, 0.15) is 22.8 Å². The van der Waals surface area contributed by atoms with E-state index in [2.05, 4.69) is 15.0 Å². The third-order valence-electron chi connectivity index (χ3n) is 5.67. The normalized spacial score (nSPS) is 15.8. The number of aryl methyl sites for hydroxylation is 2. The number of piperazine rings is 1. The molecule has 0 aliphatic carbocycles. The summed E-state index contributed by atoms with van der Waals surface area (Å²) in [7, 11) is -4.05. The Hall–Kier alpha value is -2.99. The molecular formula is C21H23F3N6O2S. The Bertz CT molecular complexity index is 1280. The molecule has 12 heteroatoms. The number of aromatic nitrogens is 4. The van der Waals surface area contributed by atoms with E-state index >= 15 is 0 Å². The number of rotatable bonds is 4. The van der Waals surface area contributed by atoms with Crippen LogP contribution in [0.25, 0.3) is 5.82 Å². The quantitative estimate of drug-likeness (QED) is 0.571. The summed E-state index contributed by atoms with van der Waals surface area (Å²) in [6, 6.07) is 5.65. The monoisotopic (exact) mass is 480 g/mol. The van der Waals surface area contributed by atoms with Crippen LogP contribution in [0, 0.1) is 20.8 Å². The lowest BCUT2D eigenvalue weighted by Crippen LogP contribution is -2.49. The summed E-state index contributed by atoms with van der Waals surface area (Å²) in [5.74, 6) is 1.88. The van der Waals surface area contributed by atoms with Gasteiger partial charge >= 0.3 is 6.18 Å². The highest BCUT2D eigenvalue weighted by atomic mass is 32.2. The number of hydrogen-bond donors (Lipinski definition) is 0. The van der Waals surface area contributed by atoms with Crippen molar-refractivity contribution in [3.63, 3.8) is 0 Å². The Morgan fingerprint density at radius 1 is 0.939 bits per heavy atom. The summed E-state index contributed by atoms with van der Waals surface area (Å²) in [6.07, 6.45) is -2.92. The fourth-order valence-electron chi connectivity index (χ4n) is 3.69. The number of benzene rings is 1. The largest absolute Gasteiger partial charge is 0.416 e. The smallest absolute Gasteiger partial charge is 0.354 e. The maximum Gasteiger partial charge on any atom is 0.416 e. The van der Waals surface area contributed by atoms with Gasteiger partial charge in [-0.05, 0) is 39.0 Å². The van der Waals surface area contributed by atoms with Crippen molar-refractivity contribution in [3.8, 4) is 5.82 Å². The second-order valence-electron chi connectivity index (χ2n) is 7.83. The molecule has 1 fully saturated rings. The number of halogens is 3.